The van der Waals surface area contributed by atoms with Gasteiger partial charge in [-0.3, -0.25) is 9.59 Å². The van der Waals surface area contributed by atoms with Crippen molar-refractivity contribution in [3.05, 3.63) is 75.3 Å². The number of carbonyl (C=O) groups is 2. The van der Waals surface area contributed by atoms with Gasteiger partial charge in [0.2, 0.25) is 0 Å². The highest BCUT2D eigenvalue weighted by atomic mass is 35.5. The highest BCUT2D eigenvalue weighted by molar-refractivity contribution is 7.17. The van der Waals surface area contributed by atoms with Crippen LogP contribution in [0.25, 0.3) is 0 Å². The van der Waals surface area contributed by atoms with Gasteiger partial charge < -0.3 is 25.2 Å². The quantitative estimate of drug-likeness (QED) is 0.427. The van der Waals surface area contributed by atoms with Crippen LogP contribution in [0, 0.1) is 0 Å². The van der Waals surface area contributed by atoms with Crippen LogP contribution in [-0.2, 0) is 17.6 Å². The van der Waals surface area contributed by atoms with E-state index in [2.05, 4.69) is 26.6 Å². The number of pyridine rings is 1. The van der Waals surface area contributed by atoms with E-state index in [-0.39, 0.29) is 11.8 Å². The second-order valence-corrected chi connectivity index (χ2v) is 11.5. The van der Waals surface area contributed by atoms with Gasteiger partial charge in [0.25, 0.3) is 11.8 Å². The molecule has 2 aliphatic heterocycles. The summed E-state index contributed by atoms with van der Waals surface area (Å²) >= 11 is 7.73. The molecule has 0 bridgehead atoms. The number of ether oxygens (including phenoxy) is 1. The van der Waals surface area contributed by atoms with Crippen LogP contribution in [0.4, 0.5) is 10.8 Å². The Balaban J connectivity index is 0.000000223. The van der Waals surface area contributed by atoms with Crippen molar-refractivity contribution in [2.24, 2.45) is 0 Å². The second kappa shape index (κ2) is 14.1. The van der Waals surface area contributed by atoms with Crippen molar-refractivity contribution in [3.63, 3.8) is 0 Å². The normalized spacial score (nSPS) is 17.2. The van der Waals surface area contributed by atoms with E-state index in [9.17, 15) is 9.59 Å². The lowest BCUT2D eigenvalue weighted by atomic mass is 10.0. The summed E-state index contributed by atoms with van der Waals surface area (Å²) in [6.45, 7) is 6.54. The Morgan fingerprint density at radius 3 is 2.45 bits per heavy atom. The van der Waals surface area contributed by atoms with Gasteiger partial charge in [0.15, 0.2) is 0 Å². The molecule has 0 saturated carbocycles. The standard InChI is InChI=1S/C21H23ClN2O3S.C9H13N3/c22-16-8-5-4-6-14(16)19(25)23-20-18(21(26)24-10-12-27-13-11-24)15-7-2-1-3-9-17(15)28-20;1-2-4-11-9(3-1)12-7-5-10-6-8-12/h4-6,8H,1-3,7,9-13H2,(H,23,25);1-4,10H,5-8H2. The van der Waals surface area contributed by atoms with E-state index in [4.69, 9.17) is 16.3 Å². The van der Waals surface area contributed by atoms with Crippen molar-refractivity contribution in [2.45, 2.75) is 32.1 Å². The third-order valence-electron chi connectivity index (χ3n) is 7.37. The smallest absolute Gasteiger partial charge is 0.257 e. The number of piperazine rings is 1. The maximum absolute atomic E-state index is 13.4. The minimum Gasteiger partial charge on any atom is -0.378 e. The number of fused-ring (bicyclic) bond motifs is 1. The predicted molar refractivity (Wildman–Crippen MR) is 161 cm³/mol. The van der Waals surface area contributed by atoms with Crippen LogP contribution in [-0.4, -0.2) is 74.2 Å². The lowest BCUT2D eigenvalue weighted by Crippen LogP contribution is -2.43. The average Bonchev–Trinajstić information content (AvgIpc) is 3.18. The number of aryl methyl sites for hydroxylation is 1. The van der Waals surface area contributed by atoms with Crippen molar-refractivity contribution in [3.8, 4) is 0 Å². The number of nitrogens with zero attached hydrogens (tertiary/aromatic N) is 3. The highest BCUT2D eigenvalue weighted by Gasteiger charge is 2.30. The molecule has 0 atom stereocenters. The van der Waals surface area contributed by atoms with Gasteiger partial charge in [-0.2, -0.15) is 0 Å². The molecule has 2 amide bonds. The maximum Gasteiger partial charge on any atom is 0.257 e. The monoisotopic (exact) mass is 581 g/mol. The Hall–Kier alpha value is -2.98. The molecule has 2 fully saturated rings. The second-order valence-electron chi connectivity index (χ2n) is 10.0. The summed E-state index contributed by atoms with van der Waals surface area (Å²) in [5.41, 5.74) is 2.20. The zero-order valence-corrected chi connectivity index (χ0v) is 24.2. The zero-order valence-electron chi connectivity index (χ0n) is 22.7. The summed E-state index contributed by atoms with van der Waals surface area (Å²) < 4.78 is 5.39. The molecule has 3 aromatic rings. The SMILES string of the molecule is O=C(Nc1sc2c(c1C(=O)N1CCOCC1)CCCCC2)c1ccccc1Cl.c1ccc(N2CCNCC2)nc1. The topological polar surface area (TPSA) is 86.8 Å². The lowest BCUT2D eigenvalue weighted by Gasteiger charge is -2.28. The first-order valence-electron chi connectivity index (χ1n) is 14.1. The Bertz CT molecular complexity index is 1290. The van der Waals surface area contributed by atoms with Gasteiger partial charge in [-0.25, -0.2) is 4.98 Å². The Kier molecular flexibility index (Phi) is 10.0. The van der Waals surface area contributed by atoms with Gasteiger partial charge in [-0.1, -0.05) is 36.2 Å². The highest BCUT2D eigenvalue weighted by Crippen LogP contribution is 2.38. The fourth-order valence-electron chi connectivity index (χ4n) is 5.23. The van der Waals surface area contributed by atoms with Gasteiger partial charge in [0.05, 0.1) is 29.4 Å². The summed E-state index contributed by atoms with van der Waals surface area (Å²) in [5, 5.41) is 7.35. The number of carbonyl (C=O) groups excluding carboxylic acids is 2. The lowest BCUT2D eigenvalue weighted by molar-refractivity contribution is 0.0303. The summed E-state index contributed by atoms with van der Waals surface area (Å²) in [4.78, 5) is 35.8. The molecular formula is C30H36ClN5O3S. The van der Waals surface area contributed by atoms with Crippen LogP contribution in [0.1, 0.15) is 50.4 Å². The Labute approximate surface area is 244 Å². The predicted octanol–water partition coefficient (Wildman–Crippen LogP) is 4.89. The molecule has 10 heteroatoms. The number of benzene rings is 1. The first-order chi connectivity index (χ1) is 19.6. The molecule has 3 aliphatic rings. The Morgan fingerprint density at radius 2 is 1.70 bits per heavy atom. The molecule has 8 nitrogen and oxygen atoms in total. The fourth-order valence-corrected chi connectivity index (χ4v) is 6.73. The van der Waals surface area contributed by atoms with E-state index in [1.165, 1.54) is 11.3 Å². The molecule has 212 valence electrons. The minimum absolute atomic E-state index is 0.00263. The number of rotatable bonds is 4. The molecule has 6 rings (SSSR count). The molecule has 4 heterocycles. The number of thiophene rings is 1. The van der Waals surface area contributed by atoms with Crippen molar-refractivity contribution in [1.82, 2.24) is 15.2 Å². The van der Waals surface area contributed by atoms with Gasteiger partial charge in [-0.05, 0) is 55.5 Å². The summed E-state index contributed by atoms with van der Waals surface area (Å²) in [7, 11) is 0. The third-order valence-corrected chi connectivity index (χ3v) is 8.91. The van der Waals surface area contributed by atoms with Crippen LogP contribution < -0.4 is 15.5 Å². The molecular weight excluding hydrogens is 546 g/mol. The minimum atomic E-state index is -0.280. The molecule has 40 heavy (non-hydrogen) atoms. The molecule has 2 aromatic heterocycles. The molecule has 0 unspecified atom stereocenters. The van der Waals surface area contributed by atoms with Crippen molar-refractivity contribution in [2.75, 3.05) is 62.7 Å². The van der Waals surface area contributed by atoms with E-state index in [0.717, 1.165) is 63.2 Å². The molecule has 0 spiro atoms. The van der Waals surface area contributed by atoms with E-state index in [1.807, 2.05) is 23.2 Å². The number of aromatic nitrogens is 1. The largest absolute Gasteiger partial charge is 0.378 e. The Morgan fingerprint density at radius 1 is 0.950 bits per heavy atom. The molecule has 2 N–H and O–H groups in total. The van der Waals surface area contributed by atoms with Crippen LogP contribution >= 0.6 is 22.9 Å². The maximum atomic E-state index is 13.4. The number of hydrogen-bond donors (Lipinski definition) is 2. The molecule has 2 saturated heterocycles. The first-order valence-corrected chi connectivity index (χ1v) is 15.3. The molecule has 1 aliphatic carbocycles. The number of halogens is 1. The van der Waals surface area contributed by atoms with Crippen molar-refractivity contribution in [1.29, 1.82) is 0 Å². The zero-order chi connectivity index (χ0) is 27.7. The van der Waals surface area contributed by atoms with Crippen molar-refractivity contribution < 1.29 is 14.3 Å². The van der Waals surface area contributed by atoms with Crippen LogP contribution in [0.5, 0.6) is 0 Å². The number of hydrogen-bond acceptors (Lipinski definition) is 7. The van der Waals surface area contributed by atoms with E-state index >= 15 is 0 Å². The van der Waals surface area contributed by atoms with Crippen LogP contribution in [0.3, 0.4) is 0 Å². The number of morpholine rings is 1. The van der Waals surface area contributed by atoms with E-state index < -0.39 is 0 Å². The van der Waals surface area contributed by atoms with Crippen LogP contribution in [0.2, 0.25) is 5.02 Å². The van der Waals surface area contributed by atoms with Gasteiger partial charge in [-0.15, -0.1) is 11.3 Å². The number of anilines is 2. The number of nitrogens with one attached hydrogen (secondary N) is 2. The van der Waals surface area contributed by atoms with Crippen molar-refractivity contribution >= 4 is 45.6 Å². The van der Waals surface area contributed by atoms with Gasteiger partial charge in [0, 0.05) is 50.3 Å². The first kappa shape index (κ1) is 28.5. The van der Waals surface area contributed by atoms with E-state index in [1.54, 1.807) is 35.6 Å². The molecule has 0 radical (unpaired) electrons. The summed E-state index contributed by atoms with van der Waals surface area (Å²) in [6, 6.07) is 13.0. The summed E-state index contributed by atoms with van der Waals surface area (Å²) in [5.74, 6) is 0.814. The van der Waals surface area contributed by atoms with E-state index in [0.29, 0.717) is 47.5 Å². The molecule has 1 aromatic carbocycles. The van der Waals surface area contributed by atoms with Gasteiger partial charge in [0.1, 0.15) is 10.8 Å². The number of amides is 2. The average molecular weight is 582 g/mol. The van der Waals surface area contributed by atoms with Crippen LogP contribution in [0.15, 0.2) is 48.7 Å². The summed E-state index contributed by atoms with van der Waals surface area (Å²) in [6.07, 6.45) is 7.07. The third kappa shape index (κ3) is 7.01. The fraction of sp³-hybridized carbons (Fsp3) is 0.433. The van der Waals surface area contributed by atoms with Gasteiger partial charge >= 0.3 is 0 Å².